The Kier molecular flexibility index (Phi) is 5.10. The molecule has 0 saturated carbocycles. The Bertz CT molecular complexity index is 841. The molecule has 4 rings (SSSR count). The van der Waals surface area contributed by atoms with Crippen LogP contribution in [0.15, 0.2) is 41.9 Å². The fraction of sp³-hybridized carbons (Fsp3) is 0.389. The zero-order valence-electron chi connectivity index (χ0n) is 14.9. The van der Waals surface area contributed by atoms with E-state index in [1.165, 1.54) is 37.6 Å². The minimum Gasteiger partial charge on any atom is -0.369 e. The number of nitrogens with zero attached hydrogens (tertiary/aromatic N) is 6. The molecule has 0 spiro atoms. The summed E-state index contributed by atoms with van der Waals surface area (Å²) in [5.74, 6) is 0.0316. The van der Waals surface area contributed by atoms with E-state index in [0.29, 0.717) is 11.7 Å². The highest BCUT2D eigenvalue weighted by Gasteiger charge is 2.22. The molecule has 1 aromatic carbocycles. The first-order valence-corrected chi connectivity index (χ1v) is 9.01. The average molecular weight is 373 g/mol. The SMILES string of the molecule is Fc1ccc(N2CN=C(NCCN3CCCC3)C=C2n2cncn2)c(F)c1. The number of likely N-dealkylation sites (tertiary alicyclic amines) is 1. The van der Waals surface area contributed by atoms with E-state index in [4.69, 9.17) is 0 Å². The van der Waals surface area contributed by atoms with Crippen LogP contribution in [0.5, 0.6) is 0 Å². The van der Waals surface area contributed by atoms with Gasteiger partial charge in [0.05, 0.1) is 5.69 Å². The fourth-order valence-electron chi connectivity index (χ4n) is 3.34. The van der Waals surface area contributed by atoms with Crippen LogP contribution in [0.2, 0.25) is 0 Å². The van der Waals surface area contributed by atoms with Crippen LogP contribution >= 0.6 is 0 Å². The molecule has 2 aromatic rings. The quantitative estimate of drug-likeness (QED) is 0.868. The summed E-state index contributed by atoms with van der Waals surface area (Å²) in [6.07, 6.45) is 7.26. The summed E-state index contributed by atoms with van der Waals surface area (Å²) in [5.41, 5.74) is 0.234. The highest BCUT2D eigenvalue weighted by molar-refractivity contribution is 6.00. The summed E-state index contributed by atoms with van der Waals surface area (Å²) in [7, 11) is 0. The van der Waals surface area contributed by atoms with E-state index in [-0.39, 0.29) is 12.4 Å². The van der Waals surface area contributed by atoms with Gasteiger partial charge in [-0.05, 0) is 38.1 Å². The van der Waals surface area contributed by atoms with Crippen molar-refractivity contribution in [3.05, 3.63) is 48.6 Å². The Labute approximate surface area is 156 Å². The molecule has 0 aliphatic carbocycles. The molecular weight excluding hydrogens is 352 g/mol. The molecule has 3 heterocycles. The largest absolute Gasteiger partial charge is 0.369 e. The number of nitrogens with one attached hydrogen (secondary N) is 1. The van der Waals surface area contributed by atoms with Crippen LogP contribution in [-0.2, 0) is 0 Å². The van der Waals surface area contributed by atoms with Crippen LogP contribution in [0.4, 0.5) is 14.5 Å². The van der Waals surface area contributed by atoms with Crippen molar-refractivity contribution in [2.24, 2.45) is 4.99 Å². The summed E-state index contributed by atoms with van der Waals surface area (Å²) < 4.78 is 29.1. The van der Waals surface area contributed by atoms with Gasteiger partial charge in [0.15, 0.2) is 0 Å². The third-order valence-electron chi connectivity index (χ3n) is 4.71. The van der Waals surface area contributed by atoms with Crippen molar-refractivity contribution in [2.75, 3.05) is 37.7 Å². The second-order valence-electron chi connectivity index (χ2n) is 6.53. The van der Waals surface area contributed by atoms with Crippen molar-refractivity contribution in [1.82, 2.24) is 25.0 Å². The molecule has 0 radical (unpaired) electrons. The Hall–Kier alpha value is -2.81. The fourth-order valence-corrected chi connectivity index (χ4v) is 3.34. The van der Waals surface area contributed by atoms with E-state index in [2.05, 4.69) is 25.3 Å². The lowest BCUT2D eigenvalue weighted by Gasteiger charge is -2.29. The standard InChI is InChI=1S/C18H21F2N7/c19-14-3-4-16(15(20)9-14)26-13-23-17(10-18(26)27-12-21-11-24-27)22-5-8-25-6-1-2-7-25/h3-4,9-12H,1-2,5-8,13H2,(H,22,23). The maximum Gasteiger partial charge on any atom is 0.149 e. The first kappa shape index (κ1) is 17.6. The second kappa shape index (κ2) is 7.83. The van der Waals surface area contributed by atoms with Gasteiger partial charge in [-0.15, -0.1) is 0 Å². The molecule has 0 amide bonds. The number of hydrogen-bond acceptors (Lipinski definition) is 6. The van der Waals surface area contributed by atoms with Crippen molar-refractivity contribution in [1.29, 1.82) is 0 Å². The van der Waals surface area contributed by atoms with Gasteiger partial charge in [-0.25, -0.2) is 23.4 Å². The highest BCUT2D eigenvalue weighted by atomic mass is 19.1. The molecule has 1 fully saturated rings. The smallest absolute Gasteiger partial charge is 0.149 e. The van der Waals surface area contributed by atoms with E-state index >= 15 is 0 Å². The van der Waals surface area contributed by atoms with Crippen molar-refractivity contribution >= 4 is 17.3 Å². The van der Waals surface area contributed by atoms with Crippen LogP contribution in [0.25, 0.3) is 5.82 Å². The molecule has 9 heteroatoms. The molecule has 2 aliphatic rings. The summed E-state index contributed by atoms with van der Waals surface area (Å²) in [6.45, 7) is 4.23. The van der Waals surface area contributed by atoms with E-state index in [1.807, 2.05) is 0 Å². The topological polar surface area (TPSA) is 61.6 Å². The molecule has 2 aliphatic heterocycles. The molecule has 7 nitrogen and oxygen atoms in total. The number of aromatic nitrogens is 3. The Balaban J connectivity index is 1.52. The Morgan fingerprint density at radius 3 is 2.74 bits per heavy atom. The van der Waals surface area contributed by atoms with Gasteiger partial charge >= 0.3 is 0 Å². The molecule has 1 saturated heterocycles. The van der Waals surface area contributed by atoms with Crippen LogP contribution in [-0.4, -0.2) is 58.3 Å². The van der Waals surface area contributed by atoms with Crippen molar-refractivity contribution < 1.29 is 8.78 Å². The number of benzene rings is 1. The molecule has 0 unspecified atom stereocenters. The van der Waals surface area contributed by atoms with E-state index in [9.17, 15) is 8.78 Å². The van der Waals surface area contributed by atoms with Gasteiger partial charge < -0.3 is 15.1 Å². The lowest BCUT2D eigenvalue weighted by atomic mass is 10.2. The minimum atomic E-state index is -0.651. The average Bonchev–Trinajstić information content (AvgIpc) is 3.36. The van der Waals surface area contributed by atoms with Gasteiger partial charge in [0, 0.05) is 25.2 Å². The van der Waals surface area contributed by atoms with E-state index < -0.39 is 11.6 Å². The maximum atomic E-state index is 14.3. The number of rotatable bonds is 5. The lowest BCUT2D eigenvalue weighted by molar-refractivity contribution is 0.344. The van der Waals surface area contributed by atoms with Crippen LogP contribution in [0.3, 0.4) is 0 Å². The van der Waals surface area contributed by atoms with Crippen molar-refractivity contribution in [2.45, 2.75) is 12.8 Å². The van der Waals surface area contributed by atoms with E-state index in [1.54, 1.807) is 15.7 Å². The Morgan fingerprint density at radius 1 is 1.15 bits per heavy atom. The summed E-state index contributed by atoms with van der Waals surface area (Å²) in [5, 5.41) is 7.47. The number of aliphatic imine (C=N–C) groups is 1. The predicted molar refractivity (Wildman–Crippen MR) is 99.1 cm³/mol. The number of halogens is 2. The first-order chi connectivity index (χ1) is 13.2. The maximum absolute atomic E-state index is 14.3. The summed E-state index contributed by atoms with van der Waals surface area (Å²) >= 11 is 0. The summed E-state index contributed by atoms with van der Waals surface area (Å²) in [4.78, 5) is 12.5. The zero-order chi connectivity index (χ0) is 18.6. The van der Waals surface area contributed by atoms with Gasteiger partial charge in [0.2, 0.25) is 0 Å². The highest BCUT2D eigenvalue weighted by Crippen LogP contribution is 2.27. The number of hydrogen-bond donors (Lipinski definition) is 1. The lowest BCUT2D eigenvalue weighted by Crippen LogP contribution is -2.37. The minimum absolute atomic E-state index is 0.195. The molecular formula is C18H21F2N7. The number of amidine groups is 1. The molecule has 0 bridgehead atoms. The van der Waals surface area contributed by atoms with Gasteiger partial charge in [-0.3, -0.25) is 0 Å². The van der Waals surface area contributed by atoms with Crippen molar-refractivity contribution in [3.8, 4) is 0 Å². The summed E-state index contributed by atoms with van der Waals surface area (Å²) in [6, 6.07) is 3.49. The molecule has 0 atom stereocenters. The number of anilines is 1. The van der Waals surface area contributed by atoms with Gasteiger partial charge in [-0.2, -0.15) is 5.10 Å². The van der Waals surface area contributed by atoms with Crippen LogP contribution in [0.1, 0.15) is 12.8 Å². The predicted octanol–water partition coefficient (Wildman–Crippen LogP) is 1.92. The molecule has 27 heavy (non-hydrogen) atoms. The zero-order valence-corrected chi connectivity index (χ0v) is 14.9. The third-order valence-corrected chi connectivity index (χ3v) is 4.71. The Morgan fingerprint density at radius 2 is 2.00 bits per heavy atom. The molecule has 1 N–H and O–H groups in total. The van der Waals surface area contributed by atoms with Gasteiger partial charge in [0.25, 0.3) is 0 Å². The van der Waals surface area contributed by atoms with Crippen molar-refractivity contribution in [3.63, 3.8) is 0 Å². The van der Waals surface area contributed by atoms with Gasteiger partial charge in [0.1, 0.15) is 42.6 Å². The second-order valence-corrected chi connectivity index (χ2v) is 6.53. The normalized spacial score (nSPS) is 17.8. The first-order valence-electron chi connectivity index (χ1n) is 9.01. The van der Waals surface area contributed by atoms with E-state index in [0.717, 1.165) is 32.2 Å². The molecule has 1 aromatic heterocycles. The molecule has 142 valence electrons. The van der Waals surface area contributed by atoms with Crippen LogP contribution in [0, 0.1) is 11.6 Å². The monoisotopic (exact) mass is 373 g/mol. The third kappa shape index (κ3) is 3.97. The van der Waals surface area contributed by atoms with Crippen LogP contribution < -0.4 is 10.2 Å². The van der Waals surface area contributed by atoms with Gasteiger partial charge in [-0.1, -0.05) is 0 Å².